The van der Waals surface area contributed by atoms with Gasteiger partial charge in [-0.15, -0.1) is 0 Å². The number of hydrogen-bond acceptors (Lipinski definition) is 3. The highest BCUT2D eigenvalue weighted by molar-refractivity contribution is 5.97. The maximum absolute atomic E-state index is 13.2. The minimum absolute atomic E-state index is 0.0541. The van der Waals surface area contributed by atoms with E-state index in [2.05, 4.69) is 18.7 Å². The normalized spacial score (nSPS) is 23.2. The quantitative estimate of drug-likeness (QED) is 0.791. The molecule has 0 aliphatic carbocycles. The summed E-state index contributed by atoms with van der Waals surface area (Å²) in [6, 6.07) is 7.54. The zero-order valence-electron chi connectivity index (χ0n) is 16.9. The molecule has 3 heterocycles. The second-order valence-electron chi connectivity index (χ2n) is 9.00. The van der Waals surface area contributed by atoms with Crippen LogP contribution in [-0.2, 0) is 4.79 Å². The lowest BCUT2D eigenvalue weighted by molar-refractivity contribution is -0.139. The van der Waals surface area contributed by atoms with Crippen molar-refractivity contribution in [1.82, 2.24) is 9.80 Å². The van der Waals surface area contributed by atoms with E-state index in [1.54, 1.807) is 6.26 Å². The lowest BCUT2D eigenvalue weighted by Gasteiger charge is -2.48. The number of carbonyl (C=O) groups is 2. The van der Waals surface area contributed by atoms with Gasteiger partial charge in [-0.3, -0.25) is 9.59 Å². The molecule has 1 atom stereocenters. The summed E-state index contributed by atoms with van der Waals surface area (Å²) in [6.45, 7) is 7.57. The van der Waals surface area contributed by atoms with E-state index in [4.69, 9.17) is 4.42 Å². The van der Waals surface area contributed by atoms with Crippen LogP contribution in [0.5, 0.6) is 0 Å². The van der Waals surface area contributed by atoms with Gasteiger partial charge in [-0.2, -0.15) is 0 Å². The van der Waals surface area contributed by atoms with Crippen LogP contribution in [0.25, 0.3) is 11.0 Å². The minimum atomic E-state index is 0.0541. The molecule has 28 heavy (non-hydrogen) atoms. The third-order valence-corrected chi connectivity index (χ3v) is 6.37. The topological polar surface area (TPSA) is 53.8 Å². The van der Waals surface area contributed by atoms with Crippen molar-refractivity contribution in [3.05, 3.63) is 36.1 Å². The first-order valence-corrected chi connectivity index (χ1v) is 10.5. The molecule has 2 aliphatic heterocycles. The van der Waals surface area contributed by atoms with E-state index in [1.165, 1.54) is 0 Å². The molecule has 2 amide bonds. The Morgan fingerprint density at radius 2 is 2.07 bits per heavy atom. The molecule has 1 aromatic carbocycles. The van der Waals surface area contributed by atoms with Gasteiger partial charge in [0.25, 0.3) is 5.91 Å². The zero-order valence-corrected chi connectivity index (χ0v) is 16.9. The second-order valence-corrected chi connectivity index (χ2v) is 9.00. The smallest absolute Gasteiger partial charge is 0.253 e. The average Bonchev–Trinajstić information content (AvgIpc) is 3.16. The van der Waals surface area contributed by atoms with Crippen molar-refractivity contribution in [2.24, 2.45) is 11.3 Å². The number of piperidine rings is 2. The first-order valence-electron chi connectivity index (χ1n) is 10.5. The van der Waals surface area contributed by atoms with Gasteiger partial charge in [0.2, 0.25) is 5.91 Å². The predicted molar refractivity (Wildman–Crippen MR) is 109 cm³/mol. The molecule has 2 aromatic rings. The molecule has 5 nitrogen and oxygen atoms in total. The molecule has 4 rings (SSSR count). The van der Waals surface area contributed by atoms with E-state index in [0.717, 1.165) is 68.4 Å². The summed E-state index contributed by atoms with van der Waals surface area (Å²) >= 11 is 0. The fourth-order valence-electron chi connectivity index (χ4n) is 4.72. The van der Waals surface area contributed by atoms with E-state index in [-0.39, 0.29) is 17.2 Å². The first kappa shape index (κ1) is 19.0. The lowest BCUT2D eigenvalue weighted by atomic mass is 9.73. The number of amides is 2. The minimum Gasteiger partial charge on any atom is -0.464 e. The average molecular weight is 383 g/mol. The molecule has 0 radical (unpaired) electrons. The highest BCUT2D eigenvalue weighted by Crippen LogP contribution is 2.39. The third kappa shape index (κ3) is 3.80. The second kappa shape index (κ2) is 7.61. The Morgan fingerprint density at radius 1 is 1.21 bits per heavy atom. The molecule has 5 heteroatoms. The predicted octanol–water partition coefficient (Wildman–Crippen LogP) is 4.32. The number of fused-ring (bicyclic) bond motifs is 1. The van der Waals surface area contributed by atoms with Crippen LogP contribution >= 0.6 is 0 Å². The molecule has 2 saturated heterocycles. The van der Waals surface area contributed by atoms with E-state index < -0.39 is 0 Å². The number of nitrogens with zero attached hydrogens (tertiary/aromatic N) is 2. The van der Waals surface area contributed by atoms with Gasteiger partial charge < -0.3 is 14.2 Å². The summed E-state index contributed by atoms with van der Waals surface area (Å²) < 4.78 is 5.39. The van der Waals surface area contributed by atoms with Crippen LogP contribution in [0.1, 0.15) is 56.3 Å². The van der Waals surface area contributed by atoms with Crippen LogP contribution < -0.4 is 0 Å². The van der Waals surface area contributed by atoms with Crippen LogP contribution in [0.15, 0.2) is 34.9 Å². The summed E-state index contributed by atoms with van der Waals surface area (Å²) in [5.74, 6) is 0.959. The van der Waals surface area contributed by atoms with Gasteiger partial charge in [0.1, 0.15) is 5.58 Å². The molecule has 150 valence electrons. The fraction of sp³-hybridized carbons (Fsp3) is 0.565. The van der Waals surface area contributed by atoms with Crippen LogP contribution in [0.4, 0.5) is 0 Å². The highest BCUT2D eigenvalue weighted by Gasteiger charge is 2.42. The Hall–Kier alpha value is -2.30. The maximum Gasteiger partial charge on any atom is 0.253 e. The van der Waals surface area contributed by atoms with Crippen LogP contribution in [0, 0.1) is 11.3 Å². The maximum atomic E-state index is 13.2. The SMILES string of the molecule is CC(C)CCN1C[C@@]2(CCCN(C(=O)c3ccc4occc4c3)C2)CCC1=O. The highest BCUT2D eigenvalue weighted by atomic mass is 16.3. The molecule has 0 bridgehead atoms. The van der Waals surface area contributed by atoms with Gasteiger partial charge >= 0.3 is 0 Å². The largest absolute Gasteiger partial charge is 0.464 e. The van der Waals surface area contributed by atoms with Crippen LogP contribution in [-0.4, -0.2) is 47.8 Å². The summed E-state index contributed by atoms with van der Waals surface area (Å²) in [7, 11) is 0. The van der Waals surface area contributed by atoms with E-state index in [1.807, 2.05) is 29.2 Å². The molecule has 0 N–H and O–H groups in total. The summed E-state index contributed by atoms with van der Waals surface area (Å²) in [4.78, 5) is 29.6. The molecule has 0 saturated carbocycles. The van der Waals surface area contributed by atoms with Gasteiger partial charge in [0.15, 0.2) is 0 Å². The van der Waals surface area contributed by atoms with E-state index >= 15 is 0 Å². The molecule has 2 aliphatic rings. The summed E-state index contributed by atoms with van der Waals surface area (Å²) in [5.41, 5.74) is 1.58. The van der Waals surface area contributed by atoms with E-state index in [0.29, 0.717) is 12.3 Å². The fourth-order valence-corrected chi connectivity index (χ4v) is 4.72. The van der Waals surface area contributed by atoms with Crippen molar-refractivity contribution < 1.29 is 14.0 Å². The first-order chi connectivity index (χ1) is 13.5. The van der Waals surface area contributed by atoms with E-state index in [9.17, 15) is 9.59 Å². The third-order valence-electron chi connectivity index (χ3n) is 6.37. The number of carbonyl (C=O) groups excluding carboxylic acids is 2. The number of rotatable bonds is 4. The van der Waals surface area contributed by atoms with Gasteiger partial charge in [-0.1, -0.05) is 13.8 Å². The van der Waals surface area contributed by atoms with Crippen molar-refractivity contribution in [1.29, 1.82) is 0 Å². The Morgan fingerprint density at radius 3 is 2.89 bits per heavy atom. The molecular weight excluding hydrogens is 352 g/mol. The number of furan rings is 1. The molecule has 1 aromatic heterocycles. The van der Waals surface area contributed by atoms with Crippen LogP contribution in [0.3, 0.4) is 0 Å². The standard InChI is InChI=1S/C23H30N2O3/c1-17(2)7-12-24-15-23(10-6-21(24)26)9-3-11-25(16-23)22(27)19-4-5-20-18(14-19)8-13-28-20/h4-5,8,13-14,17H,3,6-7,9-12,15-16H2,1-2H3/t23-/m1/s1. The molecule has 2 fully saturated rings. The Balaban J connectivity index is 1.48. The van der Waals surface area contributed by atoms with Crippen molar-refractivity contribution in [3.8, 4) is 0 Å². The van der Waals surface area contributed by atoms with Gasteiger partial charge in [-0.05, 0) is 55.9 Å². The van der Waals surface area contributed by atoms with Crippen molar-refractivity contribution >= 4 is 22.8 Å². The molecule has 1 spiro atoms. The molecular formula is C23H30N2O3. The zero-order chi connectivity index (χ0) is 19.7. The van der Waals surface area contributed by atoms with Crippen molar-refractivity contribution in [2.45, 2.75) is 46.0 Å². The molecule has 0 unspecified atom stereocenters. The monoisotopic (exact) mass is 382 g/mol. The number of hydrogen-bond donors (Lipinski definition) is 0. The Kier molecular flexibility index (Phi) is 5.17. The van der Waals surface area contributed by atoms with Crippen molar-refractivity contribution in [3.63, 3.8) is 0 Å². The lowest BCUT2D eigenvalue weighted by Crippen LogP contribution is -2.55. The van der Waals surface area contributed by atoms with Crippen LogP contribution in [0.2, 0.25) is 0 Å². The summed E-state index contributed by atoms with van der Waals surface area (Å²) in [5, 5.41) is 0.959. The number of benzene rings is 1. The Bertz CT molecular complexity index is 872. The van der Waals surface area contributed by atoms with Gasteiger partial charge in [0, 0.05) is 49.0 Å². The summed E-state index contributed by atoms with van der Waals surface area (Å²) in [6.07, 6.45) is 6.30. The number of likely N-dealkylation sites (tertiary alicyclic amines) is 2. The van der Waals surface area contributed by atoms with Gasteiger partial charge in [-0.25, -0.2) is 0 Å². The Labute approximate surface area is 166 Å². The van der Waals surface area contributed by atoms with Gasteiger partial charge in [0.05, 0.1) is 6.26 Å². The van der Waals surface area contributed by atoms with Crippen molar-refractivity contribution in [2.75, 3.05) is 26.2 Å².